The molecule has 0 spiro atoms. The minimum Gasteiger partial charge on any atom is -0.395 e. The van der Waals surface area contributed by atoms with Crippen LogP contribution < -0.4 is 16.2 Å². The number of aliphatic hydroxyl groups is 1. The Labute approximate surface area is 173 Å². The van der Waals surface area contributed by atoms with Gasteiger partial charge in [-0.15, -0.1) is 0 Å². The van der Waals surface area contributed by atoms with Crippen molar-refractivity contribution in [2.45, 2.75) is 19.3 Å². The van der Waals surface area contributed by atoms with E-state index < -0.39 is 5.41 Å². The third-order valence-corrected chi connectivity index (χ3v) is 5.43. The molecule has 4 rings (SSSR count). The average Bonchev–Trinajstić information content (AvgIpc) is 3.08. The summed E-state index contributed by atoms with van der Waals surface area (Å²) in [5.74, 6) is 0.289. The molecule has 1 aliphatic rings. The average molecular weight is 402 g/mol. The fraction of sp³-hybridized carbons (Fsp3) is 0.273. The summed E-state index contributed by atoms with van der Waals surface area (Å²) in [6.07, 6.45) is 3.36. The number of nitrogens with zero attached hydrogens (tertiary/aromatic N) is 4. The molecule has 0 radical (unpaired) electrons. The summed E-state index contributed by atoms with van der Waals surface area (Å²) in [5.41, 5.74) is 4.18. The number of anilines is 3. The number of aliphatic hydroxyl groups excluding tert-OH is 1. The number of nitriles is 1. The molecule has 8 nitrogen and oxygen atoms in total. The van der Waals surface area contributed by atoms with E-state index in [1.165, 1.54) is 4.57 Å². The zero-order valence-corrected chi connectivity index (χ0v) is 17.0. The molecule has 152 valence electrons. The second-order valence-corrected chi connectivity index (χ2v) is 7.87. The Morgan fingerprint density at radius 2 is 2.20 bits per heavy atom. The first-order valence-corrected chi connectivity index (χ1v) is 9.56. The van der Waals surface area contributed by atoms with Gasteiger partial charge >= 0.3 is 0 Å². The molecule has 3 heterocycles. The highest BCUT2D eigenvalue weighted by Gasteiger charge is 2.35. The van der Waals surface area contributed by atoms with Gasteiger partial charge in [-0.25, -0.2) is 9.97 Å². The topological polar surface area (TPSA) is 116 Å². The van der Waals surface area contributed by atoms with Crippen LogP contribution in [0.4, 0.5) is 17.3 Å². The van der Waals surface area contributed by atoms with Gasteiger partial charge in [0.15, 0.2) is 0 Å². The van der Waals surface area contributed by atoms with E-state index in [4.69, 9.17) is 0 Å². The van der Waals surface area contributed by atoms with Crippen molar-refractivity contribution in [2.24, 2.45) is 7.05 Å². The summed E-state index contributed by atoms with van der Waals surface area (Å²) >= 11 is 0. The maximum Gasteiger partial charge on any atom is 0.274 e. The molecule has 1 aliphatic heterocycles. The van der Waals surface area contributed by atoms with Gasteiger partial charge in [0.25, 0.3) is 5.56 Å². The van der Waals surface area contributed by atoms with Gasteiger partial charge in [-0.2, -0.15) is 5.26 Å². The lowest BCUT2D eigenvalue weighted by molar-refractivity contribution is 0.219. The molecule has 0 amide bonds. The number of nitrogens with one attached hydrogen (secondary N) is 2. The summed E-state index contributed by atoms with van der Waals surface area (Å²) in [5, 5.41) is 25.7. The molecule has 8 heteroatoms. The van der Waals surface area contributed by atoms with Gasteiger partial charge in [-0.1, -0.05) is 6.92 Å². The number of rotatable bonds is 4. The van der Waals surface area contributed by atoms with Gasteiger partial charge < -0.3 is 20.3 Å². The van der Waals surface area contributed by atoms with Crippen molar-refractivity contribution < 1.29 is 5.11 Å². The Morgan fingerprint density at radius 3 is 2.93 bits per heavy atom. The number of hydrogen-bond donors (Lipinski definition) is 3. The number of aryl methyl sites for hydroxylation is 2. The van der Waals surface area contributed by atoms with E-state index in [2.05, 4.69) is 26.7 Å². The van der Waals surface area contributed by atoms with Crippen LogP contribution in [0.15, 0.2) is 41.5 Å². The normalized spacial score (nSPS) is 17.2. The van der Waals surface area contributed by atoms with E-state index in [1.807, 2.05) is 19.9 Å². The van der Waals surface area contributed by atoms with E-state index in [1.54, 1.807) is 37.6 Å². The van der Waals surface area contributed by atoms with Crippen molar-refractivity contribution in [1.82, 2.24) is 14.5 Å². The molecule has 3 N–H and O–H groups in total. The first-order chi connectivity index (χ1) is 14.3. The molecule has 1 aromatic carbocycles. The fourth-order valence-corrected chi connectivity index (χ4v) is 3.73. The molecule has 2 aromatic heterocycles. The zero-order valence-electron chi connectivity index (χ0n) is 17.0. The molecule has 1 atom stereocenters. The van der Waals surface area contributed by atoms with Crippen LogP contribution in [0.5, 0.6) is 0 Å². The van der Waals surface area contributed by atoms with Gasteiger partial charge in [-0.3, -0.25) is 4.79 Å². The molecule has 0 aliphatic carbocycles. The number of hydrogen-bond acceptors (Lipinski definition) is 7. The summed E-state index contributed by atoms with van der Waals surface area (Å²) in [6.45, 7) is 4.39. The van der Waals surface area contributed by atoms with Crippen LogP contribution >= 0.6 is 0 Å². The van der Waals surface area contributed by atoms with E-state index in [0.717, 1.165) is 22.4 Å². The number of fused-ring (bicyclic) bond motifs is 1. The van der Waals surface area contributed by atoms with Gasteiger partial charge in [0.1, 0.15) is 11.8 Å². The van der Waals surface area contributed by atoms with Crippen molar-refractivity contribution in [3.63, 3.8) is 0 Å². The van der Waals surface area contributed by atoms with Crippen LogP contribution in [-0.4, -0.2) is 32.8 Å². The molecule has 0 saturated carbocycles. The van der Waals surface area contributed by atoms with Crippen LogP contribution in [0.1, 0.15) is 23.6 Å². The van der Waals surface area contributed by atoms with E-state index in [0.29, 0.717) is 23.5 Å². The molecule has 0 saturated heterocycles. The van der Waals surface area contributed by atoms with E-state index in [9.17, 15) is 15.2 Å². The maximum atomic E-state index is 12.4. The van der Waals surface area contributed by atoms with Gasteiger partial charge in [0, 0.05) is 37.0 Å². The highest BCUT2D eigenvalue weighted by molar-refractivity contribution is 5.76. The second-order valence-electron chi connectivity index (χ2n) is 7.87. The highest BCUT2D eigenvalue weighted by Crippen LogP contribution is 2.41. The maximum absolute atomic E-state index is 12.4. The van der Waals surface area contributed by atoms with Crippen molar-refractivity contribution in [1.29, 1.82) is 5.26 Å². The number of pyridine rings is 1. The lowest BCUT2D eigenvalue weighted by Gasteiger charge is -2.21. The smallest absolute Gasteiger partial charge is 0.274 e. The van der Waals surface area contributed by atoms with E-state index in [-0.39, 0.29) is 18.1 Å². The minimum atomic E-state index is -0.473. The largest absolute Gasteiger partial charge is 0.395 e. The third-order valence-electron chi connectivity index (χ3n) is 5.43. The fourth-order valence-electron chi connectivity index (χ4n) is 3.73. The van der Waals surface area contributed by atoms with Crippen LogP contribution in [0.3, 0.4) is 0 Å². The van der Waals surface area contributed by atoms with Crippen LogP contribution in [-0.2, 0) is 12.5 Å². The summed E-state index contributed by atoms with van der Waals surface area (Å²) in [7, 11) is 1.69. The predicted octanol–water partition coefficient (Wildman–Crippen LogP) is 2.44. The zero-order chi connectivity index (χ0) is 21.5. The monoisotopic (exact) mass is 402 g/mol. The van der Waals surface area contributed by atoms with E-state index >= 15 is 0 Å². The van der Waals surface area contributed by atoms with Crippen LogP contribution in [0, 0.1) is 18.3 Å². The Kier molecular flexibility index (Phi) is 4.76. The van der Waals surface area contributed by atoms with Crippen LogP contribution in [0.25, 0.3) is 11.3 Å². The molecule has 1 unspecified atom stereocenters. The quantitative estimate of drug-likeness (QED) is 0.614. The molecule has 0 fully saturated rings. The van der Waals surface area contributed by atoms with Gasteiger partial charge in [0.05, 0.1) is 23.6 Å². The first-order valence-electron chi connectivity index (χ1n) is 9.56. The minimum absolute atomic E-state index is 0.0332. The first kappa shape index (κ1) is 19.6. The van der Waals surface area contributed by atoms with Crippen molar-refractivity contribution in [3.05, 3.63) is 63.7 Å². The third kappa shape index (κ3) is 3.29. The molecule has 0 bridgehead atoms. The SMILES string of the molecule is Cc1cc(Nc2nccc(-c3cc(C#N)c4c(c3)C(C)(CO)CN4)n2)c(=O)n(C)c1. The number of benzene rings is 1. The lowest BCUT2D eigenvalue weighted by atomic mass is 9.83. The lowest BCUT2D eigenvalue weighted by Crippen LogP contribution is -2.28. The Hall–Kier alpha value is -3.70. The standard InChI is InChI=1S/C22H22N6O2/c1-13-6-18(20(30)28(3)10-13)27-21-24-5-4-17(26-21)14-7-15(9-23)19-16(8-14)22(2,12-29)11-25-19/h4-8,10,25,29H,11-12H2,1-3H3,(H,24,26,27). The molecular weight excluding hydrogens is 380 g/mol. The molecule has 30 heavy (non-hydrogen) atoms. The molecule has 3 aromatic rings. The van der Waals surface area contributed by atoms with Crippen molar-refractivity contribution in [3.8, 4) is 17.3 Å². The van der Waals surface area contributed by atoms with Crippen LogP contribution in [0.2, 0.25) is 0 Å². The van der Waals surface area contributed by atoms with Crippen molar-refractivity contribution >= 4 is 17.3 Å². The van der Waals surface area contributed by atoms with Crippen molar-refractivity contribution in [2.75, 3.05) is 23.8 Å². The Bertz CT molecular complexity index is 1240. The summed E-state index contributed by atoms with van der Waals surface area (Å²) < 4.78 is 1.50. The Balaban J connectivity index is 1.76. The predicted molar refractivity (Wildman–Crippen MR) is 115 cm³/mol. The second kappa shape index (κ2) is 7.28. The molecular formula is C22H22N6O2. The summed E-state index contributed by atoms with van der Waals surface area (Å²) in [4.78, 5) is 21.2. The van der Waals surface area contributed by atoms with Gasteiger partial charge in [0.2, 0.25) is 5.95 Å². The van der Waals surface area contributed by atoms with Gasteiger partial charge in [-0.05, 0) is 42.3 Å². The summed E-state index contributed by atoms with van der Waals surface area (Å²) in [6, 6.07) is 9.45. The Morgan fingerprint density at radius 1 is 1.40 bits per heavy atom. The highest BCUT2D eigenvalue weighted by atomic mass is 16.3. The number of aromatic nitrogens is 3.